The summed E-state index contributed by atoms with van der Waals surface area (Å²) in [6.45, 7) is 3.21. The lowest BCUT2D eigenvalue weighted by molar-refractivity contribution is -0.141. The number of carbonyl (C=O) groups is 2. The van der Waals surface area contributed by atoms with E-state index >= 15 is 0 Å². The molecule has 1 amide bonds. The monoisotopic (exact) mass is 293 g/mol. The number of nitrogens with one attached hydrogen (secondary N) is 1. The van der Waals surface area contributed by atoms with Crippen molar-refractivity contribution < 1.29 is 29.5 Å². The number of aliphatic hydroxyl groups is 1. The summed E-state index contributed by atoms with van der Waals surface area (Å²) < 4.78 is 5.09. The number of hydrogen-bond donors (Lipinski definition) is 4. The molecule has 1 aliphatic rings. The van der Waals surface area contributed by atoms with E-state index in [0.717, 1.165) is 5.56 Å². The molecule has 0 spiro atoms. The summed E-state index contributed by atoms with van der Waals surface area (Å²) in [5, 5.41) is 30.4. The standard InChI is InChI=1S/C13H16BNO6/c1-6-9(4-3-8-5-21-14(20)10(6)8)12(17)15-11(7(2)16)13(18)19/h3-4,7,11,16,20H,5H2,1-2H3,(H,15,17)(H,18,19)/t7?,11-/m0/s1. The fourth-order valence-corrected chi connectivity index (χ4v) is 2.36. The summed E-state index contributed by atoms with van der Waals surface area (Å²) in [4.78, 5) is 23.2. The zero-order chi connectivity index (χ0) is 15.7. The van der Waals surface area contributed by atoms with Crippen molar-refractivity contribution in [2.75, 3.05) is 0 Å². The fraction of sp³-hybridized carbons (Fsp3) is 0.385. The molecule has 1 aliphatic heterocycles. The number of carboxylic acid groups (broad SMARTS) is 1. The summed E-state index contributed by atoms with van der Waals surface area (Å²) in [6, 6.07) is 1.81. The Kier molecular flexibility index (Phi) is 4.31. The Morgan fingerprint density at radius 1 is 1.43 bits per heavy atom. The first kappa shape index (κ1) is 15.5. The van der Waals surface area contributed by atoms with Crippen LogP contribution in [0.3, 0.4) is 0 Å². The van der Waals surface area contributed by atoms with Crippen LogP contribution in [-0.4, -0.2) is 46.4 Å². The number of aliphatic hydroxyl groups excluding tert-OH is 1. The van der Waals surface area contributed by atoms with Gasteiger partial charge in [-0.15, -0.1) is 0 Å². The highest BCUT2D eigenvalue weighted by Gasteiger charge is 2.32. The predicted molar refractivity (Wildman–Crippen MR) is 74.1 cm³/mol. The van der Waals surface area contributed by atoms with Gasteiger partial charge in [-0.25, -0.2) is 4.79 Å². The Bertz CT molecular complexity index is 588. The fourth-order valence-electron chi connectivity index (χ4n) is 2.36. The van der Waals surface area contributed by atoms with Gasteiger partial charge in [0.15, 0.2) is 6.04 Å². The van der Waals surface area contributed by atoms with Crippen molar-refractivity contribution in [1.29, 1.82) is 0 Å². The third-order valence-corrected chi connectivity index (χ3v) is 3.53. The molecule has 1 heterocycles. The molecule has 0 aromatic heterocycles. The second-order valence-corrected chi connectivity index (χ2v) is 5.00. The Hall–Kier alpha value is -1.90. The molecule has 0 aliphatic carbocycles. The third kappa shape index (κ3) is 2.92. The second kappa shape index (κ2) is 5.84. The van der Waals surface area contributed by atoms with Crippen molar-refractivity contribution in [1.82, 2.24) is 5.32 Å². The van der Waals surface area contributed by atoms with Gasteiger partial charge in [0.25, 0.3) is 5.91 Å². The zero-order valence-corrected chi connectivity index (χ0v) is 11.7. The van der Waals surface area contributed by atoms with Crippen LogP contribution in [-0.2, 0) is 16.1 Å². The lowest BCUT2D eigenvalue weighted by Crippen LogP contribution is -2.48. The van der Waals surface area contributed by atoms with E-state index in [1.165, 1.54) is 6.92 Å². The number of fused-ring (bicyclic) bond motifs is 1. The molecule has 7 nitrogen and oxygen atoms in total. The molecule has 0 radical (unpaired) electrons. The van der Waals surface area contributed by atoms with Crippen LogP contribution in [0, 0.1) is 6.92 Å². The number of carbonyl (C=O) groups excluding carboxylic acids is 1. The molecular formula is C13H16BNO6. The minimum atomic E-state index is -1.40. The Labute approximate surface area is 121 Å². The largest absolute Gasteiger partial charge is 0.492 e. The average molecular weight is 293 g/mol. The number of hydrogen-bond acceptors (Lipinski definition) is 5. The summed E-state index contributed by atoms with van der Waals surface area (Å²) in [5.74, 6) is -1.94. The molecule has 8 heteroatoms. The van der Waals surface area contributed by atoms with Crippen LogP contribution in [0.25, 0.3) is 0 Å². The van der Waals surface area contributed by atoms with Crippen molar-refractivity contribution in [3.63, 3.8) is 0 Å². The van der Waals surface area contributed by atoms with Crippen molar-refractivity contribution in [3.05, 3.63) is 28.8 Å². The predicted octanol–water partition coefficient (Wildman–Crippen LogP) is -1.22. The first-order valence-electron chi connectivity index (χ1n) is 6.46. The maximum absolute atomic E-state index is 12.2. The maximum Gasteiger partial charge on any atom is 0.492 e. The van der Waals surface area contributed by atoms with Gasteiger partial charge < -0.3 is 25.2 Å². The molecule has 0 saturated carbocycles. The molecule has 4 N–H and O–H groups in total. The van der Waals surface area contributed by atoms with Gasteiger partial charge in [0, 0.05) is 5.56 Å². The molecule has 0 fully saturated rings. The van der Waals surface area contributed by atoms with Crippen LogP contribution in [0.2, 0.25) is 0 Å². The van der Waals surface area contributed by atoms with E-state index in [4.69, 9.17) is 9.76 Å². The molecule has 2 atom stereocenters. The number of rotatable bonds is 4. The van der Waals surface area contributed by atoms with Gasteiger partial charge in [0.2, 0.25) is 0 Å². The van der Waals surface area contributed by atoms with Crippen molar-refractivity contribution in [2.24, 2.45) is 0 Å². The van der Waals surface area contributed by atoms with Crippen LogP contribution >= 0.6 is 0 Å². The summed E-state index contributed by atoms with van der Waals surface area (Å²) in [7, 11) is -1.08. The number of carboxylic acids is 1. The van der Waals surface area contributed by atoms with Gasteiger partial charge in [-0.3, -0.25) is 4.79 Å². The van der Waals surface area contributed by atoms with Gasteiger partial charge in [0.1, 0.15) is 0 Å². The minimum absolute atomic E-state index is 0.241. The Morgan fingerprint density at radius 2 is 2.10 bits per heavy atom. The lowest BCUT2D eigenvalue weighted by atomic mass is 9.75. The molecule has 1 aromatic carbocycles. The normalized spacial score (nSPS) is 16.3. The molecular weight excluding hydrogens is 277 g/mol. The van der Waals surface area contributed by atoms with Crippen molar-refractivity contribution >= 4 is 24.5 Å². The molecule has 1 aromatic rings. The summed E-state index contributed by atoms with van der Waals surface area (Å²) in [5.41, 5.74) is 2.10. The van der Waals surface area contributed by atoms with Gasteiger partial charge in [-0.05, 0) is 36.5 Å². The minimum Gasteiger partial charge on any atom is -0.480 e. The Morgan fingerprint density at radius 3 is 2.67 bits per heavy atom. The zero-order valence-electron chi connectivity index (χ0n) is 11.7. The third-order valence-electron chi connectivity index (χ3n) is 3.53. The highest BCUT2D eigenvalue weighted by Crippen LogP contribution is 2.16. The molecule has 21 heavy (non-hydrogen) atoms. The van der Waals surface area contributed by atoms with E-state index in [2.05, 4.69) is 5.32 Å². The maximum atomic E-state index is 12.2. The second-order valence-electron chi connectivity index (χ2n) is 5.00. The first-order valence-corrected chi connectivity index (χ1v) is 6.46. The average Bonchev–Trinajstić information content (AvgIpc) is 2.77. The summed E-state index contributed by atoms with van der Waals surface area (Å²) >= 11 is 0. The van der Waals surface area contributed by atoms with Crippen molar-refractivity contribution in [3.8, 4) is 0 Å². The Balaban J connectivity index is 2.29. The van der Waals surface area contributed by atoms with Gasteiger partial charge >= 0.3 is 13.1 Å². The van der Waals surface area contributed by atoms with E-state index in [0.29, 0.717) is 11.0 Å². The van der Waals surface area contributed by atoms with E-state index in [9.17, 15) is 19.7 Å². The van der Waals surface area contributed by atoms with E-state index < -0.39 is 31.1 Å². The molecule has 112 valence electrons. The molecule has 0 saturated heterocycles. The number of amides is 1. The number of aliphatic carboxylic acids is 1. The van der Waals surface area contributed by atoms with E-state index in [-0.39, 0.29) is 12.2 Å². The number of benzene rings is 1. The van der Waals surface area contributed by atoms with Crippen molar-refractivity contribution in [2.45, 2.75) is 32.6 Å². The SMILES string of the molecule is Cc1c(C(=O)N[C@H](C(=O)O)C(C)O)ccc2c1B(O)OC2. The topological polar surface area (TPSA) is 116 Å². The van der Waals surface area contributed by atoms with E-state index in [1.807, 2.05) is 0 Å². The lowest BCUT2D eigenvalue weighted by Gasteiger charge is -2.18. The van der Waals surface area contributed by atoms with Crippen LogP contribution in [0.15, 0.2) is 12.1 Å². The van der Waals surface area contributed by atoms with E-state index in [1.54, 1.807) is 19.1 Å². The van der Waals surface area contributed by atoms with Gasteiger partial charge in [-0.2, -0.15) is 0 Å². The quantitative estimate of drug-likeness (QED) is 0.517. The highest BCUT2D eigenvalue weighted by molar-refractivity contribution is 6.62. The van der Waals surface area contributed by atoms with Crippen LogP contribution in [0.4, 0.5) is 0 Å². The smallest absolute Gasteiger partial charge is 0.480 e. The first-order chi connectivity index (χ1) is 9.82. The van der Waals surface area contributed by atoms with Gasteiger partial charge in [-0.1, -0.05) is 6.07 Å². The van der Waals surface area contributed by atoms with Crippen LogP contribution in [0.5, 0.6) is 0 Å². The summed E-state index contributed by atoms with van der Waals surface area (Å²) in [6.07, 6.45) is -1.23. The molecule has 2 rings (SSSR count). The van der Waals surface area contributed by atoms with Gasteiger partial charge in [0.05, 0.1) is 12.7 Å². The van der Waals surface area contributed by atoms with Crippen LogP contribution < -0.4 is 10.8 Å². The molecule has 0 bridgehead atoms. The van der Waals surface area contributed by atoms with Crippen LogP contribution in [0.1, 0.15) is 28.4 Å². The molecule has 1 unspecified atom stereocenters. The highest BCUT2D eigenvalue weighted by atomic mass is 16.5.